The van der Waals surface area contributed by atoms with Crippen molar-refractivity contribution in [1.82, 2.24) is 15.1 Å². The van der Waals surface area contributed by atoms with Crippen molar-refractivity contribution in [3.63, 3.8) is 0 Å². The zero-order valence-corrected chi connectivity index (χ0v) is 21.6. The number of likely N-dealkylation sites (tertiary alicyclic amines) is 2. The summed E-state index contributed by atoms with van der Waals surface area (Å²) in [6, 6.07) is 0. The first-order valence-electron chi connectivity index (χ1n) is 12.7. The third-order valence-corrected chi connectivity index (χ3v) is 6.43. The number of piperidine rings is 2. The van der Waals surface area contributed by atoms with Crippen LogP contribution in [0.1, 0.15) is 66.2 Å². The van der Waals surface area contributed by atoms with Crippen LogP contribution in [-0.2, 0) is 23.9 Å². The van der Waals surface area contributed by atoms with Gasteiger partial charge in [-0.3, -0.25) is 14.4 Å². The summed E-state index contributed by atoms with van der Waals surface area (Å²) in [7, 11) is 0. The molecule has 0 bridgehead atoms. The van der Waals surface area contributed by atoms with E-state index < -0.39 is 17.5 Å². The van der Waals surface area contributed by atoms with Gasteiger partial charge in [-0.1, -0.05) is 5.92 Å². The normalized spacial score (nSPS) is 19.9. The second-order valence-electron chi connectivity index (χ2n) is 10.3. The van der Waals surface area contributed by atoms with Gasteiger partial charge in [-0.05, 0) is 65.7 Å². The molecule has 2 aliphatic rings. The molecule has 2 fully saturated rings. The average Bonchev–Trinajstić information content (AvgIpc) is 2.82. The molecular weight excluding hydrogens is 450 g/mol. The molecule has 2 heterocycles. The molecule has 2 rings (SSSR count). The van der Waals surface area contributed by atoms with E-state index in [2.05, 4.69) is 11.2 Å². The smallest absolute Gasteiger partial charge is 0.410 e. The Kier molecular flexibility index (Phi) is 10.9. The van der Waals surface area contributed by atoms with Crippen molar-refractivity contribution >= 4 is 23.9 Å². The maximum absolute atomic E-state index is 12.8. The minimum atomic E-state index is -0.818. The van der Waals surface area contributed by atoms with Gasteiger partial charge in [-0.25, -0.2) is 4.79 Å². The molecule has 196 valence electrons. The third-order valence-electron chi connectivity index (χ3n) is 6.43. The lowest BCUT2D eigenvalue weighted by Gasteiger charge is -2.34. The first-order chi connectivity index (χ1) is 16.5. The number of hydrogen-bond donors (Lipinski definition) is 1. The van der Waals surface area contributed by atoms with Crippen molar-refractivity contribution in [2.45, 2.75) is 71.8 Å². The fraction of sp³-hybridized carbons (Fsp3) is 0.769. The standard InChI is InChI=1S/C26H41N3O6/c1-6-20(24(32)34-7-2)17-27-23(31)21-9-8-14-29(18-21)22(30)11-10-19-12-15-28(16-13-19)25(33)35-26(3,4)5/h1,19-21H,7-18H2,2-5H3,(H,27,31)/t20?,21-/m1/s1. The zero-order chi connectivity index (χ0) is 26.0. The molecule has 2 saturated heterocycles. The van der Waals surface area contributed by atoms with Crippen LogP contribution in [0.25, 0.3) is 0 Å². The summed E-state index contributed by atoms with van der Waals surface area (Å²) in [5.41, 5.74) is -0.506. The fourth-order valence-electron chi connectivity index (χ4n) is 4.43. The van der Waals surface area contributed by atoms with E-state index >= 15 is 0 Å². The summed E-state index contributed by atoms with van der Waals surface area (Å²) in [6.45, 7) is 9.84. The molecule has 9 heteroatoms. The second-order valence-corrected chi connectivity index (χ2v) is 10.3. The molecule has 1 unspecified atom stereocenters. The first kappa shape index (κ1) is 28.5. The number of ether oxygens (including phenoxy) is 2. The van der Waals surface area contributed by atoms with Crippen LogP contribution in [0, 0.1) is 30.1 Å². The highest BCUT2D eigenvalue weighted by atomic mass is 16.6. The van der Waals surface area contributed by atoms with Crippen LogP contribution in [0.2, 0.25) is 0 Å². The molecule has 2 aliphatic heterocycles. The van der Waals surface area contributed by atoms with Gasteiger partial charge in [0.25, 0.3) is 0 Å². The highest BCUT2D eigenvalue weighted by molar-refractivity contribution is 5.82. The van der Waals surface area contributed by atoms with Crippen molar-refractivity contribution in [3.8, 4) is 12.3 Å². The SMILES string of the molecule is C#CC(CNC(=O)[C@@H]1CCCN(C(=O)CCC2CCN(C(=O)OC(C)(C)C)CC2)C1)C(=O)OCC. The predicted octanol–water partition coefficient (Wildman–Crippen LogP) is 2.58. The number of terminal acetylenes is 1. The van der Waals surface area contributed by atoms with Crippen LogP contribution in [0.15, 0.2) is 0 Å². The van der Waals surface area contributed by atoms with E-state index in [-0.39, 0.29) is 37.0 Å². The Balaban J connectivity index is 1.73. The molecule has 0 aromatic rings. The molecule has 0 aromatic heterocycles. The molecule has 0 radical (unpaired) electrons. The van der Waals surface area contributed by atoms with Gasteiger partial charge in [0.1, 0.15) is 11.5 Å². The lowest BCUT2D eigenvalue weighted by molar-refractivity contribution is -0.145. The van der Waals surface area contributed by atoms with Crippen molar-refractivity contribution in [3.05, 3.63) is 0 Å². The largest absolute Gasteiger partial charge is 0.465 e. The second kappa shape index (κ2) is 13.4. The number of carbonyl (C=O) groups excluding carboxylic acids is 4. The van der Waals surface area contributed by atoms with Crippen LogP contribution in [-0.4, -0.2) is 78.6 Å². The average molecular weight is 492 g/mol. The van der Waals surface area contributed by atoms with E-state index in [4.69, 9.17) is 15.9 Å². The maximum atomic E-state index is 12.8. The number of amides is 3. The number of esters is 1. The Morgan fingerprint density at radius 3 is 2.37 bits per heavy atom. The quantitative estimate of drug-likeness (QED) is 0.413. The molecule has 1 N–H and O–H groups in total. The third kappa shape index (κ3) is 9.42. The monoisotopic (exact) mass is 491 g/mol. The minimum Gasteiger partial charge on any atom is -0.465 e. The van der Waals surface area contributed by atoms with E-state index in [1.165, 1.54) is 0 Å². The molecule has 9 nitrogen and oxygen atoms in total. The zero-order valence-electron chi connectivity index (χ0n) is 21.6. The van der Waals surface area contributed by atoms with Crippen LogP contribution in [0.3, 0.4) is 0 Å². The molecule has 0 spiro atoms. The molecule has 35 heavy (non-hydrogen) atoms. The van der Waals surface area contributed by atoms with Gasteiger partial charge < -0.3 is 24.6 Å². The minimum absolute atomic E-state index is 0.0284. The van der Waals surface area contributed by atoms with Crippen LogP contribution >= 0.6 is 0 Å². The number of carbonyl (C=O) groups is 4. The molecule has 3 amide bonds. The molecule has 0 aliphatic carbocycles. The van der Waals surface area contributed by atoms with Gasteiger partial charge in [-0.2, -0.15) is 0 Å². The maximum Gasteiger partial charge on any atom is 0.410 e. The summed E-state index contributed by atoms with van der Waals surface area (Å²) in [6.07, 6.45) is 9.49. The highest BCUT2D eigenvalue weighted by Crippen LogP contribution is 2.25. The summed E-state index contributed by atoms with van der Waals surface area (Å²) in [5, 5.41) is 2.75. The Bertz CT molecular complexity index is 792. The van der Waals surface area contributed by atoms with Crippen LogP contribution < -0.4 is 5.32 Å². The van der Waals surface area contributed by atoms with E-state index in [0.717, 1.165) is 25.7 Å². The van der Waals surface area contributed by atoms with Crippen molar-refractivity contribution in [2.75, 3.05) is 39.3 Å². The Hall–Kier alpha value is -2.76. The lowest BCUT2D eigenvalue weighted by atomic mass is 9.91. The number of nitrogens with zero attached hydrogens (tertiary/aromatic N) is 2. The van der Waals surface area contributed by atoms with Crippen LogP contribution in [0.4, 0.5) is 4.79 Å². The molecule has 0 aromatic carbocycles. The van der Waals surface area contributed by atoms with Gasteiger partial charge in [0, 0.05) is 39.1 Å². The van der Waals surface area contributed by atoms with Crippen molar-refractivity contribution in [2.24, 2.45) is 17.8 Å². The van der Waals surface area contributed by atoms with Gasteiger partial charge in [-0.15, -0.1) is 6.42 Å². The molecule has 0 saturated carbocycles. The molecular formula is C26H41N3O6. The topological polar surface area (TPSA) is 105 Å². The summed E-state index contributed by atoms with van der Waals surface area (Å²) in [4.78, 5) is 53.0. The van der Waals surface area contributed by atoms with Gasteiger partial charge in [0.05, 0.1) is 12.5 Å². The lowest BCUT2D eigenvalue weighted by Crippen LogP contribution is -2.46. The number of rotatable bonds is 8. The summed E-state index contributed by atoms with van der Waals surface area (Å²) < 4.78 is 10.4. The van der Waals surface area contributed by atoms with Gasteiger partial charge in [0.15, 0.2) is 0 Å². The number of nitrogens with one attached hydrogen (secondary N) is 1. The van der Waals surface area contributed by atoms with E-state index in [0.29, 0.717) is 44.9 Å². The van der Waals surface area contributed by atoms with Gasteiger partial charge in [0.2, 0.25) is 11.8 Å². The molecule has 2 atom stereocenters. The fourth-order valence-corrected chi connectivity index (χ4v) is 4.43. The van der Waals surface area contributed by atoms with Gasteiger partial charge >= 0.3 is 12.1 Å². The predicted molar refractivity (Wildman–Crippen MR) is 131 cm³/mol. The Morgan fingerprint density at radius 2 is 1.77 bits per heavy atom. The van der Waals surface area contributed by atoms with Crippen LogP contribution in [0.5, 0.6) is 0 Å². The Morgan fingerprint density at radius 1 is 1.09 bits per heavy atom. The van der Waals surface area contributed by atoms with E-state index in [1.54, 1.807) is 16.7 Å². The Labute approximate surface area is 209 Å². The highest BCUT2D eigenvalue weighted by Gasteiger charge is 2.31. The van der Waals surface area contributed by atoms with Crippen molar-refractivity contribution in [1.29, 1.82) is 0 Å². The first-order valence-corrected chi connectivity index (χ1v) is 12.7. The van der Waals surface area contributed by atoms with E-state index in [9.17, 15) is 19.2 Å². The summed E-state index contributed by atoms with van der Waals surface area (Å²) in [5.74, 6) is 0.964. The van der Waals surface area contributed by atoms with Crippen molar-refractivity contribution < 1.29 is 28.7 Å². The van der Waals surface area contributed by atoms with E-state index in [1.807, 2.05) is 20.8 Å². The summed E-state index contributed by atoms with van der Waals surface area (Å²) >= 11 is 0. The number of hydrogen-bond acceptors (Lipinski definition) is 6.